The molecule has 6 heteroatoms. The van der Waals surface area contributed by atoms with Crippen molar-refractivity contribution < 1.29 is 8.42 Å². The quantitative estimate of drug-likeness (QED) is 0.800. The van der Waals surface area contributed by atoms with Gasteiger partial charge < -0.3 is 5.73 Å². The van der Waals surface area contributed by atoms with E-state index in [0.717, 1.165) is 24.1 Å². The average Bonchev–Trinajstić information content (AvgIpc) is 2.77. The van der Waals surface area contributed by atoms with Gasteiger partial charge in [0.1, 0.15) is 0 Å². The van der Waals surface area contributed by atoms with Crippen LogP contribution < -0.4 is 10.5 Å². The summed E-state index contributed by atoms with van der Waals surface area (Å²) in [5.74, 6) is 0. The molecule has 0 fully saturated rings. The fourth-order valence-electron chi connectivity index (χ4n) is 1.59. The maximum Gasteiger partial charge on any atom is 0.241 e. The van der Waals surface area contributed by atoms with Crippen molar-refractivity contribution in [2.45, 2.75) is 50.6 Å². The molecule has 0 aromatic carbocycles. The number of nitrogens with two attached hydrogens (primary N) is 1. The van der Waals surface area contributed by atoms with Gasteiger partial charge in [-0.25, -0.2) is 13.1 Å². The summed E-state index contributed by atoms with van der Waals surface area (Å²) in [7, 11) is -3.38. The Bertz CT molecular complexity index is 440. The predicted octanol–water partition coefficient (Wildman–Crippen LogP) is 2.06. The van der Waals surface area contributed by atoms with Gasteiger partial charge in [0.25, 0.3) is 0 Å². The maximum absolute atomic E-state index is 12.1. The Morgan fingerprint density at radius 2 is 2.18 bits per heavy atom. The molecule has 4 nitrogen and oxygen atoms in total. The minimum Gasteiger partial charge on any atom is -0.326 e. The molecule has 0 aliphatic rings. The van der Waals surface area contributed by atoms with Crippen LogP contribution in [0.3, 0.4) is 0 Å². The fraction of sp³-hybridized carbons (Fsp3) is 0.636. The van der Waals surface area contributed by atoms with Crippen molar-refractivity contribution in [2.24, 2.45) is 5.73 Å². The van der Waals surface area contributed by atoms with E-state index in [1.165, 1.54) is 11.3 Å². The van der Waals surface area contributed by atoms with Gasteiger partial charge in [0.05, 0.1) is 4.90 Å². The zero-order chi connectivity index (χ0) is 12.9. The lowest BCUT2D eigenvalue weighted by atomic mass is 10.1. The molecule has 3 N–H and O–H groups in total. The van der Waals surface area contributed by atoms with Crippen LogP contribution in [0.1, 0.15) is 38.0 Å². The molecule has 1 unspecified atom stereocenters. The van der Waals surface area contributed by atoms with Gasteiger partial charge in [-0.2, -0.15) is 0 Å². The Morgan fingerprint density at radius 1 is 1.47 bits per heavy atom. The van der Waals surface area contributed by atoms with Crippen LogP contribution in [0, 0.1) is 0 Å². The second-order valence-electron chi connectivity index (χ2n) is 3.97. The van der Waals surface area contributed by atoms with Gasteiger partial charge in [-0.1, -0.05) is 20.3 Å². The van der Waals surface area contributed by atoms with E-state index in [1.807, 2.05) is 13.8 Å². The first-order valence-corrected chi connectivity index (χ1v) is 8.19. The van der Waals surface area contributed by atoms with Gasteiger partial charge in [-0.05, 0) is 18.9 Å². The number of thiophene rings is 1. The maximum atomic E-state index is 12.1. The Hall–Kier alpha value is -0.430. The third-order valence-electron chi connectivity index (χ3n) is 2.59. The van der Waals surface area contributed by atoms with Gasteiger partial charge >= 0.3 is 0 Å². The van der Waals surface area contributed by atoms with E-state index < -0.39 is 10.0 Å². The molecule has 0 amide bonds. The highest BCUT2D eigenvalue weighted by Crippen LogP contribution is 2.19. The highest BCUT2D eigenvalue weighted by Gasteiger charge is 2.19. The molecular weight excluding hydrogens is 256 g/mol. The van der Waals surface area contributed by atoms with Crippen LogP contribution in [0.15, 0.2) is 16.3 Å². The summed E-state index contributed by atoms with van der Waals surface area (Å²) in [5.41, 5.74) is 5.48. The largest absolute Gasteiger partial charge is 0.326 e. The van der Waals surface area contributed by atoms with Crippen LogP contribution in [0.25, 0.3) is 0 Å². The SMILES string of the molecule is CCCC(CC)NS(=O)(=O)c1csc(CN)c1. The molecule has 0 bridgehead atoms. The summed E-state index contributed by atoms with van der Waals surface area (Å²) in [6.45, 7) is 4.42. The first kappa shape index (κ1) is 14.6. The average molecular weight is 276 g/mol. The number of hydrogen-bond acceptors (Lipinski definition) is 4. The fourth-order valence-corrected chi connectivity index (χ4v) is 4.10. The van der Waals surface area contributed by atoms with Crippen molar-refractivity contribution in [3.63, 3.8) is 0 Å². The normalized spacial score (nSPS) is 13.8. The predicted molar refractivity (Wildman–Crippen MR) is 71.5 cm³/mol. The Balaban J connectivity index is 2.80. The van der Waals surface area contributed by atoms with Gasteiger partial charge in [0.15, 0.2) is 0 Å². The van der Waals surface area contributed by atoms with E-state index in [9.17, 15) is 8.42 Å². The Morgan fingerprint density at radius 3 is 2.65 bits per heavy atom. The van der Waals surface area contributed by atoms with Gasteiger partial charge in [-0.15, -0.1) is 11.3 Å². The molecule has 0 spiro atoms. The topological polar surface area (TPSA) is 72.2 Å². The molecule has 98 valence electrons. The van der Waals surface area contributed by atoms with Crippen LogP contribution in [-0.2, 0) is 16.6 Å². The molecule has 0 aliphatic heterocycles. The zero-order valence-electron chi connectivity index (χ0n) is 10.3. The molecule has 1 atom stereocenters. The van der Waals surface area contributed by atoms with Crippen molar-refractivity contribution in [2.75, 3.05) is 0 Å². The summed E-state index contributed by atoms with van der Waals surface area (Å²) in [4.78, 5) is 1.21. The van der Waals surface area contributed by atoms with Crippen LogP contribution in [0.2, 0.25) is 0 Å². The molecule has 0 saturated carbocycles. The minimum absolute atomic E-state index is 0.0197. The zero-order valence-corrected chi connectivity index (χ0v) is 11.9. The molecule has 0 radical (unpaired) electrons. The monoisotopic (exact) mass is 276 g/mol. The number of sulfonamides is 1. The molecule has 17 heavy (non-hydrogen) atoms. The van der Waals surface area contributed by atoms with Gasteiger partial charge in [0.2, 0.25) is 10.0 Å². The molecule has 0 saturated heterocycles. The van der Waals surface area contributed by atoms with E-state index in [2.05, 4.69) is 4.72 Å². The van der Waals surface area contributed by atoms with Crippen molar-refractivity contribution >= 4 is 21.4 Å². The third kappa shape index (κ3) is 4.06. The van der Waals surface area contributed by atoms with Crippen molar-refractivity contribution in [3.8, 4) is 0 Å². The van der Waals surface area contributed by atoms with E-state index in [-0.39, 0.29) is 6.04 Å². The minimum atomic E-state index is -3.38. The summed E-state index contributed by atoms with van der Waals surface area (Å²) in [6.07, 6.45) is 2.64. The standard InChI is InChI=1S/C11H20N2O2S2/c1-3-5-9(4-2)13-17(14,15)11-6-10(7-12)16-8-11/h6,8-9,13H,3-5,7,12H2,1-2H3. The lowest BCUT2D eigenvalue weighted by molar-refractivity contribution is 0.512. The summed E-state index contributed by atoms with van der Waals surface area (Å²) >= 11 is 1.38. The number of rotatable bonds is 7. The highest BCUT2D eigenvalue weighted by molar-refractivity contribution is 7.89. The summed E-state index contributed by atoms with van der Waals surface area (Å²) in [6, 6.07) is 1.66. The first-order chi connectivity index (χ1) is 8.03. The van der Waals surface area contributed by atoms with Crippen molar-refractivity contribution in [1.82, 2.24) is 4.72 Å². The first-order valence-electron chi connectivity index (χ1n) is 5.83. The van der Waals surface area contributed by atoms with Crippen LogP contribution >= 0.6 is 11.3 Å². The second kappa shape index (κ2) is 6.49. The molecule has 1 heterocycles. The van der Waals surface area contributed by atoms with Gasteiger partial charge in [-0.3, -0.25) is 0 Å². The Kier molecular flexibility index (Phi) is 5.58. The summed E-state index contributed by atoms with van der Waals surface area (Å²) in [5, 5.41) is 1.64. The molecular formula is C11H20N2O2S2. The third-order valence-corrected chi connectivity index (χ3v) is 5.20. The van der Waals surface area contributed by atoms with Crippen LogP contribution in [-0.4, -0.2) is 14.5 Å². The lowest BCUT2D eigenvalue weighted by Gasteiger charge is -2.15. The van der Waals surface area contributed by atoms with E-state index in [0.29, 0.717) is 11.4 Å². The van der Waals surface area contributed by atoms with Crippen molar-refractivity contribution in [3.05, 3.63) is 16.3 Å². The molecule has 0 aliphatic carbocycles. The van der Waals surface area contributed by atoms with Crippen LogP contribution in [0.5, 0.6) is 0 Å². The van der Waals surface area contributed by atoms with E-state index in [4.69, 9.17) is 5.73 Å². The van der Waals surface area contributed by atoms with Crippen molar-refractivity contribution in [1.29, 1.82) is 0 Å². The lowest BCUT2D eigenvalue weighted by Crippen LogP contribution is -2.34. The Labute approximate surface area is 107 Å². The highest BCUT2D eigenvalue weighted by atomic mass is 32.2. The van der Waals surface area contributed by atoms with Gasteiger partial charge in [0, 0.05) is 22.8 Å². The van der Waals surface area contributed by atoms with Crippen LogP contribution in [0.4, 0.5) is 0 Å². The summed E-state index contributed by atoms with van der Waals surface area (Å²) < 4.78 is 26.9. The van der Waals surface area contributed by atoms with E-state index in [1.54, 1.807) is 11.4 Å². The molecule has 1 aromatic rings. The molecule has 1 aromatic heterocycles. The number of nitrogens with one attached hydrogen (secondary N) is 1. The van der Waals surface area contributed by atoms with E-state index >= 15 is 0 Å². The second-order valence-corrected chi connectivity index (χ2v) is 6.68. The molecule has 1 rings (SSSR count). The smallest absolute Gasteiger partial charge is 0.241 e. The number of hydrogen-bond donors (Lipinski definition) is 2.